The van der Waals surface area contributed by atoms with Gasteiger partial charge in [0.1, 0.15) is 10.7 Å². The number of nitrogens with one attached hydrogen (secondary N) is 2. The van der Waals surface area contributed by atoms with E-state index in [0.717, 1.165) is 16.0 Å². The normalized spacial score (nSPS) is 11.6. The summed E-state index contributed by atoms with van der Waals surface area (Å²) in [6.45, 7) is 1.38. The minimum atomic E-state index is -1.13. The molecule has 0 bridgehead atoms. The van der Waals surface area contributed by atoms with Gasteiger partial charge in [0, 0.05) is 10.3 Å². The minimum Gasteiger partial charge on any atom is -0.448 e. The van der Waals surface area contributed by atoms with Crippen molar-refractivity contribution in [3.05, 3.63) is 70.9 Å². The van der Waals surface area contributed by atoms with Crippen molar-refractivity contribution in [1.29, 1.82) is 0 Å². The number of hydrogen-bond donors (Lipinski definition) is 2. The molecular formula is C19H15FN2O4S. The maximum atomic E-state index is 13.2. The van der Waals surface area contributed by atoms with E-state index in [1.54, 1.807) is 36.4 Å². The lowest BCUT2D eigenvalue weighted by molar-refractivity contribution is -0.129. The number of ether oxygens (including phenoxy) is 1. The summed E-state index contributed by atoms with van der Waals surface area (Å²) in [4.78, 5) is 36.3. The maximum absolute atomic E-state index is 13.2. The number of amides is 2. The molecule has 0 saturated heterocycles. The van der Waals surface area contributed by atoms with Crippen LogP contribution in [0.15, 0.2) is 54.6 Å². The number of halogens is 1. The van der Waals surface area contributed by atoms with E-state index in [4.69, 9.17) is 4.74 Å². The standard InChI is InChI=1S/C19H15FN2O4S/c1-11(17(23)21-22-18(24)12-5-3-2-4-6-12)26-19(25)16-10-13-9-14(20)7-8-15(13)27-16/h2-11H,1H3,(H,21,23)(H,22,24)/t11-/m1/s1. The van der Waals surface area contributed by atoms with Crippen molar-refractivity contribution in [3.63, 3.8) is 0 Å². The van der Waals surface area contributed by atoms with Crippen LogP contribution in [0.5, 0.6) is 0 Å². The molecule has 3 rings (SSSR count). The summed E-state index contributed by atoms with van der Waals surface area (Å²) in [5, 5.41) is 0.583. The first-order chi connectivity index (χ1) is 12.9. The number of esters is 1. The number of carbonyl (C=O) groups is 3. The molecule has 138 valence electrons. The molecule has 2 aromatic carbocycles. The Morgan fingerprint density at radius 3 is 2.52 bits per heavy atom. The Labute approximate surface area is 157 Å². The van der Waals surface area contributed by atoms with E-state index in [1.807, 2.05) is 0 Å². The van der Waals surface area contributed by atoms with Crippen molar-refractivity contribution in [3.8, 4) is 0 Å². The van der Waals surface area contributed by atoms with Crippen LogP contribution in [0.3, 0.4) is 0 Å². The van der Waals surface area contributed by atoms with Crippen LogP contribution in [0.25, 0.3) is 10.1 Å². The van der Waals surface area contributed by atoms with Crippen molar-refractivity contribution in [2.75, 3.05) is 0 Å². The predicted octanol–water partition coefficient (Wildman–Crippen LogP) is 3.05. The Kier molecular flexibility index (Phi) is 5.46. The van der Waals surface area contributed by atoms with Crippen LogP contribution in [0.1, 0.15) is 27.0 Å². The molecule has 0 spiro atoms. The van der Waals surface area contributed by atoms with Gasteiger partial charge in [-0.05, 0) is 48.7 Å². The Hall–Kier alpha value is -3.26. The lowest BCUT2D eigenvalue weighted by atomic mass is 10.2. The van der Waals surface area contributed by atoms with E-state index < -0.39 is 29.7 Å². The second-order valence-electron chi connectivity index (χ2n) is 5.65. The summed E-state index contributed by atoms with van der Waals surface area (Å²) >= 11 is 1.14. The summed E-state index contributed by atoms with van der Waals surface area (Å²) in [6, 6.07) is 14.0. The van der Waals surface area contributed by atoms with Gasteiger partial charge in [-0.15, -0.1) is 11.3 Å². The number of hydrazine groups is 1. The van der Waals surface area contributed by atoms with E-state index in [-0.39, 0.29) is 4.88 Å². The quantitative estimate of drug-likeness (QED) is 0.533. The molecule has 1 heterocycles. The molecule has 0 aliphatic rings. The van der Waals surface area contributed by atoms with Gasteiger partial charge in [0.2, 0.25) is 0 Å². The third kappa shape index (κ3) is 4.48. The molecule has 2 amide bonds. The molecule has 27 heavy (non-hydrogen) atoms. The average Bonchev–Trinajstić information content (AvgIpc) is 3.09. The van der Waals surface area contributed by atoms with Gasteiger partial charge in [-0.2, -0.15) is 0 Å². The van der Waals surface area contributed by atoms with Crippen molar-refractivity contribution >= 4 is 39.2 Å². The van der Waals surface area contributed by atoms with Crippen LogP contribution >= 0.6 is 11.3 Å². The molecule has 2 N–H and O–H groups in total. The molecule has 1 aromatic heterocycles. The van der Waals surface area contributed by atoms with Crippen molar-refractivity contribution in [2.24, 2.45) is 0 Å². The van der Waals surface area contributed by atoms with Crippen LogP contribution in [-0.2, 0) is 9.53 Å². The highest BCUT2D eigenvalue weighted by atomic mass is 32.1. The Bertz CT molecular complexity index is 1000. The first-order valence-electron chi connectivity index (χ1n) is 7.99. The van der Waals surface area contributed by atoms with Gasteiger partial charge >= 0.3 is 5.97 Å². The van der Waals surface area contributed by atoms with E-state index in [0.29, 0.717) is 10.9 Å². The molecule has 3 aromatic rings. The van der Waals surface area contributed by atoms with Crippen molar-refractivity contribution in [2.45, 2.75) is 13.0 Å². The molecule has 0 aliphatic heterocycles. The fourth-order valence-electron chi connectivity index (χ4n) is 2.27. The number of fused-ring (bicyclic) bond motifs is 1. The van der Waals surface area contributed by atoms with Gasteiger partial charge < -0.3 is 4.74 Å². The van der Waals surface area contributed by atoms with Crippen LogP contribution in [0.4, 0.5) is 4.39 Å². The fourth-order valence-corrected chi connectivity index (χ4v) is 3.19. The molecule has 0 saturated carbocycles. The Morgan fingerprint density at radius 1 is 1.04 bits per heavy atom. The van der Waals surface area contributed by atoms with Gasteiger partial charge in [0.25, 0.3) is 11.8 Å². The molecule has 0 fully saturated rings. The molecule has 0 unspecified atom stereocenters. The summed E-state index contributed by atoms with van der Waals surface area (Å²) < 4.78 is 19.1. The molecule has 0 radical (unpaired) electrons. The third-order valence-corrected chi connectivity index (χ3v) is 4.76. The lowest BCUT2D eigenvalue weighted by Crippen LogP contribution is -2.46. The number of carbonyl (C=O) groups excluding carboxylic acids is 3. The predicted molar refractivity (Wildman–Crippen MR) is 98.7 cm³/mol. The second kappa shape index (κ2) is 7.96. The monoisotopic (exact) mass is 386 g/mol. The van der Waals surface area contributed by atoms with E-state index in [1.165, 1.54) is 25.1 Å². The van der Waals surface area contributed by atoms with Crippen molar-refractivity contribution in [1.82, 2.24) is 10.9 Å². The molecule has 8 heteroatoms. The zero-order valence-corrected chi connectivity index (χ0v) is 15.0. The van der Waals surface area contributed by atoms with Crippen LogP contribution < -0.4 is 10.9 Å². The summed E-state index contributed by atoms with van der Waals surface area (Å²) in [6.07, 6.45) is -1.13. The average molecular weight is 386 g/mol. The topological polar surface area (TPSA) is 84.5 Å². The summed E-state index contributed by atoms with van der Waals surface area (Å²) in [5.74, 6) is -2.27. The van der Waals surface area contributed by atoms with E-state index >= 15 is 0 Å². The zero-order valence-electron chi connectivity index (χ0n) is 14.2. The van der Waals surface area contributed by atoms with Crippen LogP contribution in [-0.4, -0.2) is 23.9 Å². The number of rotatable bonds is 4. The van der Waals surface area contributed by atoms with E-state index in [2.05, 4.69) is 10.9 Å². The molecule has 0 aliphatic carbocycles. The van der Waals surface area contributed by atoms with Gasteiger partial charge in [0.05, 0.1) is 0 Å². The molecular weight excluding hydrogens is 371 g/mol. The summed E-state index contributed by atoms with van der Waals surface area (Å²) in [7, 11) is 0. The highest BCUT2D eigenvalue weighted by Gasteiger charge is 2.21. The van der Waals surface area contributed by atoms with Crippen LogP contribution in [0.2, 0.25) is 0 Å². The number of thiophene rings is 1. The Balaban J connectivity index is 1.56. The largest absolute Gasteiger partial charge is 0.448 e. The van der Waals surface area contributed by atoms with Gasteiger partial charge in [-0.1, -0.05) is 18.2 Å². The highest BCUT2D eigenvalue weighted by molar-refractivity contribution is 7.20. The van der Waals surface area contributed by atoms with E-state index in [9.17, 15) is 18.8 Å². The summed E-state index contributed by atoms with van der Waals surface area (Å²) in [5.41, 5.74) is 4.84. The highest BCUT2D eigenvalue weighted by Crippen LogP contribution is 2.27. The van der Waals surface area contributed by atoms with Crippen LogP contribution in [0, 0.1) is 5.82 Å². The number of hydrogen-bond acceptors (Lipinski definition) is 5. The zero-order chi connectivity index (χ0) is 19.4. The fraction of sp³-hybridized carbons (Fsp3) is 0.105. The minimum absolute atomic E-state index is 0.253. The third-order valence-electron chi connectivity index (χ3n) is 3.67. The smallest absolute Gasteiger partial charge is 0.349 e. The maximum Gasteiger partial charge on any atom is 0.349 e. The first-order valence-corrected chi connectivity index (χ1v) is 8.81. The van der Waals surface area contributed by atoms with Gasteiger partial charge in [-0.3, -0.25) is 20.4 Å². The SMILES string of the molecule is C[C@@H](OC(=O)c1cc2cc(F)ccc2s1)C(=O)NNC(=O)c1ccccc1. The molecule has 6 nitrogen and oxygen atoms in total. The van der Waals surface area contributed by atoms with Crippen molar-refractivity contribution < 1.29 is 23.5 Å². The second-order valence-corrected chi connectivity index (χ2v) is 6.73. The molecule has 1 atom stereocenters. The lowest BCUT2D eigenvalue weighted by Gasteiger charge is -2.13. The van der Waals surface area contributed by atoms with Gasteiger partial charge in [0.15, 0.2) is 6.10 Å². The van der Waals surface area contributed by atoms with Gasteiger partial charge in [-0.25, -0.2) is 9.18 Å². The first kappa shape index (κ1) is 18.5. The Morgan fingerprint density at radius 2 is 1.78 bits per heavy atom. The number of benzene rings is 2.